The fourth-order valence-electron chi connectivity index (χ4n) is 3.05. The van der Waals surface area contributed by atoms with Crippen LogP contribution < -0.4 is 10.1 Å². The van der Waals surface area contributed by atoms with E-state index in [2.05, 4.69) is 15.5 Å². The smallest absolute Gasteiger partial charge is 0.262 e. The van der Waals surface area contributed by atoms with Gasteiger partial charge in [-0.25, -0.2) is 0 Å². The average molecular weight is 427 g/mol. The first-order chi connectivity index (χ1) is 15.5. The van der Waals surface area contributed by atoms with Gasteiger partial charge in [0.2, 0.25) is 5.82 Å². The molecule has 4 rings (SSSR count). The number of nitrogens with zero attached hydrogens (tertiary/aromatic N) is 2. The molecule has 0 unspecified atom stereocenters. The van der Waals surface area contributed by atoms with Gasteiger partial charge in [-0.05, 0) is 50.2 Å². The second kappa shape index (κ2) is 9.26. The van der Waals surface area contributed by atoms with Crippen LogP contribution in [0.15, 0.2) is 77.3 Å². The molecule has 32 heavy (non-hydrogen) atoms. The molecule has 0 aliphatic carbocycles. The molecule has 0 atom stereocenters. The van der Waals surface area contributed by atoms with E-state index in [1.54, 1.807) is 42.5 Å². The Balaban J connectivity index is 1.44. The number of carbonyl (C=O) groups excluding carboxylic acids is 2. The number of ether oxygens (including phenoxy) is 1. The Bertz CT molecular complexity index is 1240. The van der Waals surface area contributed by atoms with E-state index >= 15 is 0 Å². The Hall–Kier alpha value is -4.26. The van der Waals surface area contributed by atoms with Crippen LogP contribution >= 0.6 is 0 Å². The minimum atomic E-state index is -0.332. The predicted molar refractivity (Wildman–Crippen MR) is 120 cm³/mol. The van der Waals surface area contributed by atoms with Crippen molar-refractivity contribution in [2.45, 2.75) is 13.8 Å². The molecule has 0 saturated heterocycles. The number of para-hydroxylation sites is 1. The molecule has 160 valence electrons. The summed E-state index contributed by atoms with van der Waals surface area (Å²) in [5.74, 6) is 0.863. The van der Waals surface area contributed by atoms with Gasteiger partial charge in [-0.3, -0.25) is 9.59 Å². The van der Waals surface area contributed by atoms with Crippen LogP contribution in [-0.4, -0.2) is 28.4 Å². The van der Waals surface area contributed by atoms with Crippen LogP contribution in [0.1, 0.15) is 22.8 Å². The van der Waals surface area contributed by atoms with Crippen molar-refractivity contribution in [1.29, 1.82) is 0 Å². The van der Waals surface area contributed by atoms with Crippen molar-refractivity contribution in [3.05, 3.63) is 83.9 Å². The number of rotatable bonds is 7. The summed E-state index contributed by atoms with van der Waals surface area (Å²) in [6.45, 7) is 3.30. The summed E-state index contributed by atoms with van der Waals surface area (Å²) in [5, 5.41) is 6.80. The minimum absolute atomic E-state index is 0.0330. The van der Waals surface area contributed by atoms with E-state index in [-0.39, 0.29) is 18.3 Å². The van der Waals surface area contributed by atoms with Gasteiger partial charge in [-0.2, -0.15) is 4.98 Å². The number of nitrogens with one attached hydrogen (secondary N) is 1. The van der Waals surface area contributed by atoms with Crippen molar-refractivity contribution in [2.24, 2.45) is 0 Å². The van der Waals surface area contributed by atoms with Crippen molar-refractivity contribution in [3.8, 4) is 28.6 Å². The number of carbonyl (C=O) groups is 2. The van der Waals surface area contributed by atoms with E-state index in [4.69, 9.17) is 9.26 Å². The molecule has 1 amide bonds. The van der Waals surface area contributed by atoms with Gasteiger partial charge in [0.1, 0.15) is 5.75 Å². The van der Waals surface area contributed by atoms with Crippen LogP contribution in [0.5, 0.6) is 5.75 Å². The fraction of sp³-hybridized carbons (Fsp3) is 0.120. The highest BCUT2D eigenvalue weighted by Gasteiger charge is 2.16. The quantitative estimate of drug-likeness (QED) is 0.420. The van der Waals surface area contributed by atoms with Crippen LogP contribution in [0.4, 0.5) is 5.69 Å². The molecule has 0 aliphatic rings. The van der Waals surface area contributed by atoms with Gasteiger partial charge in [-0.15, -0.1) is 0 Å². The maximum Gasteiger partial charge on any atom is 0.262 e. The molecule has 0 spiro atoms. The number of aromatic nitrogens is 2. The van der Waals surface area contributed by atoms with E-state index in [0.717, 1.165) is 11.1 Å². The lowest BCUT2D eigenvalue weighted by Gasteiger charge is -2.10. The van der Waals surface area contributed by atoms with E-state index in [1.165, 1.54) is 6.92 Å². The van der Waals surface area contributed by atoms with Gasteiger partial charge in [0.25, 0.3) is 11.8 Å². The lowest BCUT2D eigenvalue weighted by Crippen LogP contribution is -2.20. The first-order valence-corrected chi connectivity index (χ1v) is 10.0. The highest BCUT2D eigenvalue weighted by Crippen LogP contribution is 2.30. The van der Waals surface area contributed by atoms with Gasteiger partial charge < -0.3 is 14.6 Å². The van der Waals surface area contributed by atoms with E-state index in [9.17, 15) is 9.59 Å². The molecule has 7 nitrogen and oxygen atoms in total. The van der Waals surface area contributed by atoms with Crippen molar-refractivity contribution in [2.75, 3.05) is 11.9 Å². The summed E-state index contributed by atoms with van der Waals surface area (Å²) >= 11 is 0. The third-order valence-electron chi connectivity index (χ3n) is 4.79. The molecule has 7 heteroatoms. The maximum atomic E-state index is 12.3. The summed E-state index contributed by atoms with van der Waals surface area (Å²) in [6.07, 6.45) is 0. The Morgan fingerprint density at radius 3 is 2.41 bits per heavy atom. The molecule has 0 bridgehead atoms. The maximum absolute atomic E-state index is 12.3. The van der Waals surface area contributed by atoms with Crippen LogP contribution in [0.3, 0.4) is 0 Å². The number of benzene rings is 3. The summed E-state index contributed by atoms with van der Waals surface area (Å²) in [5.41, 5.74) is 3.75. The molecule has 1 heterocycles. The van der Waals surface area contributed by atoms with Gasteiger partial charge in [0, 0.05) is 16.8 Å². The summed E-state index contributed by atoms with van der Waals surface area (Å²) in [4.78, 5) is 28.1. The zero-order valence-electron chi connectivity index (χ0n) is 17.7. The monoisotopic (exact) mass is 427 g/mol. The number of aryl methyl sites for hydroxylation is 1. The van der Waals surface area contributed by atoms with E-state index < -0.39 is 0 Å². The van der Waals surface area contributed by atoms with Crippen molar-refractivity contribution >= 4 is 17.4 Å². The lowest BCUT2D eigenvalue weighted by molar-refractivity contribution is -0.118. The summed E-state index contributed by atoms with van der Waals surface area (Å²) in [6, 6.07) is 21.7. The van der Waals surface area contributed by atoms with Gasteiger partial charge >= 0.3 is 0 Å². The molecule has 1 aromatic heterocycles. The molecule has 1 N–H and O–H groups in total. The predicted octanol–water partition coefficient (Wildman–Crippen LogP) is 4.93. The topological polar surface area (TPSA) is 94.3 Å². The fourth-order valence-corrected chi connectivity index (χ4v) is 3.05. The third kappa shape index (κ3) is 4.89. The average Bonchev–Trinajstić information content (AvgIpc) is 3.29. The number of anilines is 1. The number of hydrogen-bond donors (Lipinski definition) is 1. The number of Topliss-reactive ketones (excluding diaryl/α,β-unsaturated/α-hetero) is 1. The number of hydrogen-bond acceptors (Lipinski definition) is 6. The number of amides is 1. The van der Waals surface area contributed by atoms with Crippen LogP contribution in [0.2, 0.25) is 0 Å². The molecule has 0 aliphatic heterocycles. The Kier molecular flexibility index (Phi) is 6.07. The minimum Gasteiger partial charge on any atom is -0.483 e. The Labute approximate surface area is 185 Å². The zero-order valence-corrected chi connectivity index (χ0v) is 17.7. The van der Waals surface area contributed by atoms with Crippen LogP contribution in [0.25, 0.3) is 22.8 Å². The molecule has 0 fully saturated rings. The molecular weight excluding hydrogens is 406 g/mol. The zero-order chi connectivity index (χ0) is 22.5. The molecular formula is C25H21N3O4. The SMILES string of the molecule is CC(=O)c1ccc(NC(=O)COc2ccccc2-c2nc(-c3ccc(C)cc3)no2)cc1. The lowest BCUT2D eigenvalue weighted by atomic mass is 10.1. The second-order valence-electron chi connectivity index (χ2n) is 7.26. The van der Waals surface area contributed by atoms with Gasteiger partial charge in [-0.1, -0.05) is 47.1 Å². The van der Waals surface area contributed by atoms with Gasteiger partial charge in [0.05, 0.1) is 5.56 Å². The Morgan fingerprint density at radius 1 is 0.969 bits per heavy atom. The van der Waals surface area contributed by atoms with Gasteiger partial charge in [0.15, 0.2) is 12.4 Å². The largest absolute Gasteiger partial charge is 0.483 e. The summed E-state index contributed by atoms with van der Waals surface area (Å²) < 4.78 is 11.2. The molecule has 0 radical (unpaired) electrons. The van der Waals surface area contributed by atoms with E-state index in [1.807, 2.05) is 37.3 Å². The molecule has 4 aromatic rings. The highest BCUT2D eigenvalue weighted by atomic mass is 16.5. The van der Waals surface area contributed by atoms with Crippen LogP contribution in [0, 0.1) is 6.92 Å². The third-order valence-corrected chi connectivity index (χ3v) is 4.79. The Morgan fingerprint density at radius 2 is 1.69 bits per heavy atom. The highest BCUT2D eigenvalue weighted by molar-refractivity contribution is 5.96. The first-order valence-electron chi connectivity index (χ1n) is 10.0. The van der Waals surface area contributed by atoms with Crippen molar-refractivity contribution < 1.29 is 18.8 Å². The van der Waals surface area contributed by atoms with Crippen LogP contribution in [-0.2, 0) is 4.79 Å². The van der Waals surface area contributed by atoms with E-state index in [0.29, 0.717) is 34.3 Å². The van der Waals surface area contributed by atoms with Crippen molar-refractivity contribution in [3.63, 3.8) is 0 Å². The number of ketones is 1. The molecule has 0 saturated carbocycles. The van der Waals surface area contributed by atoms with Crippen molar-refractivity contribution in [1.82, 2.24) is 10.1 Å². The molecule has 3 aromatic carbocycles. The standard InChI is InChI=1S/C25H21N3O4/c1-16-7-9-19(10-8-16)24-27-25(32-28-24)21-5-3-4-6-22(21)31-15-23(30)26-20-13-11-18(12-14-20)17(2)29/h3-14H,15H2,1-2H3,(H,26,30). The summed E-state index contributed by atoms with van der Waals surface area (Å²) in [7, 11) is 0. The first kappa shape index (κ1) is 21.0. The second-order valence-corrected chi connectivity index (χ2v) is 7.26. The normalized spacial score (nSPS) is 10.6.